The molecule has 0 radical (unpaired) electrons. The molecule has 0 aliphatic heterocycles. The van der Waals surface area contributed by atoms with Crippen molar-refractivity contribution in [1.29, 1.82) is 0 Å². The smallest absolute Gasteiger partial charge is 0.255 e. The summed E-state index contributed by atoms with van der Waals surface area (Å²) in [6.45, 7) is 3.91. The molecule has 0 saturated heterocycles. The van der Waals surface area contributed by atoms with Crippen molar-refractivity contribution in [1.82, 2.24) is 0 Å². The van der Waals surface area contributed by atoms with E-state index < -0.39 is 5.82 Å². The fourth-order valence-electron chi connectivity index (χ4n) is 2.99. The van der Waals surface area contributed by atoms with Crippen LogP contribution in [0.5, 0.6) is 0 Å². The van der Waals surface area contributed by atoms with Gasteiger partial charge in [-0.25, -0.2) is 4.39 Å². The zero-order valence-electron chi connectivity index (χ0n) is 14.8. The van der Waals surface area contributed by atoms with Crippen LogP contribution in [0.3, 0.4) is 0 Å². The van der Waals surface area contributed by atoms with Crippen molar-refractivity contribution in [2.45, 2.75) is 13.8 Å². The van der Waals surface area contributed by atoms with Crippen LogP contribution in [0.1, 0.15) is 21.5 Å². The number of carbonyl (C=O) groups excluding carboxylic acids is 1. The number of hydrogen-bond acceptors (Lipinski definition) is 3. The molecule has 27 heavy (non-hydrogen) atoms. The maximum absolute atomic E-state index is 13.0. The normalized spacial score (nSPS) is 11.1. The van der Waals surface area contributed by atoms with Gasteiger partial charge in [0.05, 0.1) is 10.8 Å². The molecule has 4 nitrogen and oxygen atoms in total. The number of rotatable bonds is 2. The summed E-state index contributed by atoms with van der Waals surface area (Å²) >= 11 is 0. The molecule has 1 amide bonds. The highest BCUT2D eigenvalue weighted by molar-refractivity contribution is 6.05. The summed E-state index contributed by atoms with van der Waals surface area (Å²) in [5.41, 5.74) is 3.69. The van der Waals surface area contributed by atoms with Crippen molar-refractivity contribution in [2.75, 3.05) is 5.32 Å². The van der Waals surface area contributed by atoms with E-state index in [4.69, 9.17) is 4.42 Å². The van der Waals surface area contributed by atoms with Gasteiger partial charge >= 0.3 is 0 Å². The molecule has 0 saturated carbocycles. The monoisotopic (exact) mass is 361 g/mol. The molecule has 0 bridgehead atoms. The standard InChI is InChI=1S/C22H16FNO3/c1-12-9-18-19(10-13(12)2)27-20-11-16(7-8-17(20)21(18)25)24-22(26)14-3-5-15(23)6-4-14/h3-11H,1-2H3,(H,24,26). The molecule has 4 rings (SSSR count). The Morgan fingerprint density at radius 3 is 2.30 bits per heavy atom. The van der Waals surface area contributed by atoms with E-state index >= 15 is 0 Å². The molecule has 0 spiro atoms. The van der Waals surface area contributed by atoms with Crippen LogP contribution in [0.2, 0.25) is 0 Å². The van der Waals surface area contributed by atoms with Gasteiger partial charge in [0.25, 0.3) is 5.91 Å². The second-order valence-electron chi connectivity index (χ2n) is 6.54. The van der Waals surface area contributed by atoms with Gasteiger partial charge in [-0.2, -0.15) is 0 Å². The lowest BCUT2D eigenvalue weighted by atomic mass is 10.1. The topological polar surface area (TPSA) is 59.3 Å². The van der Waals surface area contributed by atoms with Crippen molar-refractivity contribution in [3.8, 4) is 0 Å². The van der Waals surface area contributed by atoms with Crippen LogP contribution in [0, 0.1) is 19.7 Å². The van der Waals surface area contributed by atoms with Gasteiger partial charge in [0.1, 0.15) is 17.0 Å². The molecule has 3 aromatic carbocycles. The number of nitrogens with one attached hydrogen (secondary N) is 1. The molecular weight excluding hydrogens is 345 g/mol. The fourth-order valence-corrected chi connectivity index (χ4v) is 2.99. The summed E-state index contributed by atoms with van der Waals surface area (Å²) in [5, 5.41) is 3.72. The Morgan fingerprint density at radius 2 is 1.56 bits per heavy atom. The molecule has 4 aromatic rings. The number of fused-ring (bicyclic) bond motifs is 2. The van der Waals surface area contributed by atoms with Gasteiger partial charge in [0.2, 0.25) is 5.43 Å². The van der Waals surface area contributed by atoms with Gasteiger partial charge in [0, 0.05) is 17.3 Å². The highest BCUT2D eigenvalue weighted by Crippen LogP contribution is 2.24. The number of amides is 1. The number of halogens is 1. The largest absolute Gasteiger partial charge is 0.456 e. The molecule has 1 heterocycles. The molecule has 0 aliphatic rings. The minimum atomic E-state index is -0.406. The van der Waals surface area contributed by atoms with Gasteiger partial charge < -0.3 is 9.73 Å². The van der Waals surface area contributed by atoms with E-state index in [9.17, 15) is 14.0 Å². The van der Waals surface area contributed by atoms with E-state index in [1.54, 1.807) is 18.2 Å². The number of aryl methyl sites for hydroxylation is 2. The molecule has 0 atom stereocenters. The highest BCUT2D eigenvalue weighted by Gasteiger charge is 2.11. The minimum absolute atomic E-state index is 0.106. The van der Waals surface area contributed by atoms with E-state index in [2.05, 4.69) is 5.32 Å². The third kappa shape index (κ3) is 3.08. The molecule has 0 aliphatic carbocycles. The predicted octanol–water partition coefficient (Wildman–Crippen LogP) is 4.95. The fraction of sp³-hybridized carbons (Fsp3) is 0.0909. The molecule has 0 fully saturated rings. The van der Waals surface area contributed by atoms with Crippen LogP contribution in [-0.4, -0.2) is 5.91 Å². The van der Waals surface area contributed by atoms with Crippen LogP contribution in [0.4, 0.5) is 10.1 Å². The van der Waals surface area contributed by atoms with Crippen LogP contribution in [0.25, 0.3) is 21.9 Å². The quantitative estimate of drug-likeness (QED) is 0.514. The van der Waals surface area contributed by atoms with Crippen LogP contribution >= 0.6 is 0 Å². The maximum atomic E-state index is 13.0. The molecular formula is C22H16FNO3. The Bertz CT molecular complexity index is 1260. The zero-order chi connectivity index (χ0) is 19.1. The second kappa shape index (κ2) is 6.36. The number of hydrogen-bond donors (Lipinski definition) is 1. The second-order valence-corrected chi connectivity index (χ2v) is 6.54. The van der Waals surface area contributed by atoms with Gasteiger partial charge in [-0.1, -0.05) is 0 Å². The van der Waals surface area contributed by atoms with Crippen LogP contribution < -0.4 is 10.7 Å². The number of carbonyl (C=O) groups is 1. The Balaban J connectivity index is 1.76. The van der Waals surface area contributed by atoms with E-state index in [-0.39, 0.29) is 11.3 Å². The van der Waals surface area contributed by atoms with Gasteiger partial charge in [-0.3, -0.25) is 9.59 Å². The Morgan fingerprint density at radius 1 is 0.889 bits per heavy atom. The maximum Gasteiger partial charge on any atom is 0.255 e. The van der Waals surface area contributed by atoms with E-state index in [0.29, 0.717) is 33.2 Å². The van der Waals surface area contributed by atoms with Crippen molar-refractivity contribution in [2.24, 2.45) is 0 Å². The lowest BCUT2D eigenvalue weighted by Gasteiger charge is -2.08. The van der Waals surface area contributed by atoms with Crippen molar-refractivity contribution in [3.63, 3.8) is 0 Å². The Kier molecular flexibility index (Phi) is 4.00. The lowest BCUT2D eigenvalue weighted by Crippen LogP contribution is -2.12. The summed E-state index contributed by atoms with van der Waals surface area (Å²) in [5.74, 6) is -0.777. The third-order valence-electron chi connectivity index (χ3n) is 4.65. The van der Waals surface area contributed by atoms with Gasteiger partial charge in [-0.05, 0) is 73.5 Å². The van der Waals surface area contributed by atoms with Gasteiger partial charge in [-0.15, -0.1) is 0 Å². The first-order valence-electron chi connectivity index (χ1n) is 8.47. The molecule has 134 valence electrons. The summed E-state index contributed by atoms with van der Waals surface area (Å²) in [7, 11) is 0. The Hall–Kier alpha value is -3.47. The molecule has 1 aromatic heterocycles. The minimum Gasteiger partial charge on any atom is -0.456 e. The van der Waals surface area contributed by atoms with E-state index in [1.807, 2.05) is 26.0 Å². The van der Waals surface area contributed by atoms with Crippen molar-refractivity contribution in [3.05, 3.63) is 87.3 Å². The van der Waals surface area contributed by atoms with Gasteiger partial charge in [0.15, 0.2) is 0 Å². The number of benzene rings is 3. The average molecular weight is 361 g/mol. The van der Waals surface area contributed by atoms with Crippen molar-refractivity contribution < 1.29 is 13.6 Å². The summed E-state index contributed by atoms with van der Waals surface area (Å²) in [6.07, 6.45) is 0. The van der Waals surface area contributed by atoms with Crippen LogP contribution in [0.15, 0.2) is 63.8 Å². The first-order chi connectivity index (χ1) is 12.9. The average Bonchev–Trinajstić information content (AvgIpc) is 2.64. The zero-order valence-corrected chi connectivity index (χ0v) is 14.8. The summed E-state index contributed by atoms with van der Waals surface area (Å²) in [4.78, 5) is 25.1. The van der Waals surface area contributed by atoms with Crippen LogP contribution in [-0.2, 0) is 0 Å². The third-order valence-corrected chi connectivity index (χ3v) is 4.65. The molecule has 5 heteroatoms. The predicted molar refractivity (Wildman–Crippen MR) is 104 cm³/mol. The molecule has 0 unspecified atom stereocenters. The van der Waals surface area contributed by atoms with E-state index in [1.165, 1.54) is 24.3 Å². The van der Waals surface area contributed by atoms with E-state index in [0.717, 1.165) is 11.1 Å². The lowest BCUT2D eigenvalue weighted by molar-refractivity contribution is 0.102. The Labute approximate surface area is 154 Å². The first kappa shape index (κ1) is 17.0. The summed E-state index contributed by atoms with van der Waals surface area (Å²) < 4.78 is 18.9. The first-order valence-corrected chi connectivity index (χ1v) is 8.47. The molecule has 1 N–H and O–H groups in total. The number of anilines is 1. The summed E-state index contributed by atoms with van der Waals surface area (Å²) in [6, 6.07) is 13.8. The highest BCUT2D eigenvalue weighted by atomic mass is 19.1. The van der Waals surface area contributed by atoms with Crippen molar-refractivity contribution >= 4 is 33.5 Å². The SMILES string of the molecule is Cc1cc2oc3cc(NC(=O)c4ccc(F)cc4)ccc3c(=O)c2cc1C.